The van der Waals surface area contributed by atoms with Crippen LogP contribution in [0, 0.1) is 11.3 Å². The third-order valence-corrected chi connectivity index (χ3v) is 7.05. The molecule has 0 spiro atoms. The van der Waals surface area contributed by atoms with Gasteiger partial charge in [0.2, 0.25) is 11.0 Å². The van der Waals surface area contributed by atoms with Crippen LogP contribution in [0.25, 0.3) is 0 Å². The highest BCUT2D eigenvalue weighted by Crippen LogP contribution is 2.29. The zero-order valence-corrected chi connectivity index (χ0v) is 17.6. The van der Waals surface area contributed by atoms with E-state index in [-0.39, 0.29) is 11.2 Å². The Kier molecular flexibility index (Phi) is 7.48. The van der Waals surface area contributed by atoms with Crippen molar-refractivity contribution in [3.8, 4) is 6.07 Å². The zero-order chi connectivity index (χ0) is 19.8. The van der Waals surface area contributed by atoms with Crippen molar-refractivity contribution in [2.45, 2.75) is 28.0 Å². The second-order valence-electron chi connectivity index (χ2n) is 5.90. The normalized spacial score (nSPS) is 11.6. The molecule has 28 heavy (non-hydrogen) atoms. The van der Waals surface area contributed by atoms with Crippen molar-refractivity contribution in [2.75, 3.05) is 5.32 Å². The van der Waals surface area contributed by atoms with Crippen LogP contribution in [0.4, 0.5) is 5.13 Å². The standard InChI is InChI=1S/C20H18N4OS3/c1-14(26-12-16-5-3-2-4-6-16)18(25)22-19-23-24-20(28-19)27-13-17-9-7-15(11-21)8-10-17/h2-10,14H,12-13H2,1H3,(H,22,23,25)/t14-/m0/s1. The Morgan fingerprint density at radius 3 is 2.54 bits per heavy atom. The molecular weight excluding hydrogens is 408 g/mol. The van der Waals surface area contributed by atoms with Crippen molar-refractivity contribution in [1.29, 1.82) is 5.26 Å². The fourth-order valence-electron chi connectivity index (χ4n) is 2.22. The summed E-state index contributed by atoms with van der Waals surface area (Å²) < 4.78 is 0.796. The summed E-state index contributed by atoms with van der Waals surface area (Å²) in [6, 6.07) is 19.7. The Morgan fingerprint density at radius 1 is 1.11 bits per heavy atom. The molecule has 3 aromatic rings. The molecule has 0 aliphatic heterocycles. The van der Waals surface area contributed by atoms with Crippen LogP contribution in [0.1, 0.15) is 23.6 Å². The largest absolute Gasteiger partial charge is 0.300 e. The van der Waals surface area contributed by atoms with Gasteiger partial charge in [0.15, 0.2) is 4.34 Å². The first kappa shape index (κ1) is 20.4. The minimum absolute atomic E-state index is 0.0688. The van der Waals surface area contributed by atoms with Gasteiger partial charge in [-0.3, -0.25) is 10.1 Å². The number of aromatic nitrogens is 2. The maximum Gasteiger partial charge on any atom is 0.239 e. The molecular formula is C20H18N4OS3. The van der Waals surface area contributed by atoms with Crippen LogP contribution < -0.4 is 5.32 Å². The summed E-state index contributed by atoms with van der Waals surface area (Å²) in [7, 11) is 0. The number of carbonyl (C=O) groups excluding carboxylic acids is 1. The van der Waals surface area contributed by atoms with E-state index < -0.39 is 0 Å². The smallest absolute Gasteiger partial charge is 0.239 e. The molecule has 142 valence electrons. The molecule has 1 heterocycles. The van der Waals surface area contributed by atoms with Gasteiger partial charge in [0.1, 0.15) is 0 Å². The fraction of sp³-hybridized carbons (Fsp3) is 0.200. The van der Waals surface area contributed by atoms with Crippen molar-refractivity contribution in [1.82, 2.24) is 10.2 Å². The van der Waals surface area contributed by atoms with E-state index in [0.717, 1.165) is 21.4 Å². The lowest BCUT2D eigenvalue weighted by atomic mass is 10.2. The number of thioether (sulfide) groups is 2. The quantitative estimate of drug-likeness (QED) is 0.405. The third kappa shape index (κ3) is 6.09. The Bertz CT molecular complexity index is 952. The number of hydrogen-bond acceptors (Lipinski definition) is 7. The first-order valence-corrected chi connectivity index (χ1v) is 11.4. The summed E-state index contributed by atoms with van der Waals surface area (Å²) in [5, 5.41) is 20.2. The second kappa shape index (κ2) is 10.3. The monoisotopic (exact) mass is 426 g/mol. The fourth-order valence-corrected chi connectivity index (χ4v) is 4.77. The van der Waals surface area contributed by atoms with Crippen molar-refractivity contribution >= 4 is 45.9 Å². The highest BCUT2D eigenvalue weighted by Gasteiger charge is 2.16. The van der Waals surface area contributed by atoms with Gasteiger partial charge in [-0.1, -0.05) is 65.6 Å². The van der Waals surface area contributed by atoms with Crippen molar-refractivity contribution < 1.29 is 4.79 Å². The van der Waals surface area contributed by atoms with E-state index in [4.69, 9.17) is 5.26 Å². The van der Waals surface area contributed by atoms with Gasteiger partial charge in [-0.15, -0.1) is 22.0 Å². The maximum absolute atomic E-state index is 12.4. The Hall–Kier alpha value is -2.34. The van der Waals surface area contributed by atoms with Crippen LogP contribution in [-0.2, 0) is 16.3 Å². The molecule has 0 saturated carbocycles. The molecule has 2 aromatic carbocycles. The summed E-state index contributed by atoms with van der Waals surface area (Å²) in [6.45, 7) is 1.89. The van der Waals surface area contributed by atoms with Gasteiger partial charge in [-0.2, -0.15) is 5.26 Å². The van der Waals surface area contributed by atoms with Crippen LogP contribution in [0.3, 0.4) is 0 Å². The molecule has 5 nitrogen and oxygen atoms in total. The maximum atomic E-state index is 12.4. The van der Waals surface area contributed by atoms with Gasteiger partial charge in [0.05, 0.1) is 16.9 Å². The lowest BCUT2D eigenvalue weighted by Crippen LogP contribution is -2.22. The minimum atomic E-state index is -0.182. The molecule has 0 aliphatic rings. The molecule has 1 aromatic heterocycles. The zero-order valence-electron chi connectivity index (χ0n) is 15.2. The van der Waals surface area contributed by atoms with E-state index in [2.05, 4.69) is 33.7 Å². The van der Waals surface area contributed by atoms with Crippen molar-refractivity contribution in [2.24, 2.45) is 0 Å². The predicted octanol–water partition coefficient (Wildman–Crippen LogP) is 4.96. The van der Waals surface area contributed by atoms with Gasteiger partial charge in [-0.05, 0) is 30.2 Å². The van der Waals surface area contributed by atoms with E-state index in [1.165, 1.54) is 16.9 Å². The highest BCUT2D eigenvalue weighted by atomic mass is 32.2. The number of nitrogens with one attached hydrogen (secondary N) is 1. The topological polar surface area (TPSA) is 78.7 Å². The van der Waals surface area contributed by atoms with E-state index >= 15 is 0 Å². The van der Waals surface area contributed by atoms with Gasteiger partial charge in [0, 0.05) is 11.5 Å². The van der Waals surface area contributed by atoms with Crippen LogP contribution in [0.2, 0.25) is 0 Å². The number of nitrogens with zero attached hydrogens (tertiary/aromatic N) is 3. The summed E-state index contributed by atoms with van der Waals surface area (Å²) in [4.78, 5) is 12.4. The first-order valence-electron chi connectivity index (χ1n) is 8.56. The molecule has 0 aliphatic carbocycles. The molecule has 1 amide bonds. The molecule has 1 N–H and O–H groups in total. The molecule has 8 heteroatoms. The third-order valence-electron chi connectivity index (χ3n) is 3.79. The molecule has 3 rings (SSSR count). The van der Waals surface area contributed by atoms with Gasteiger partial charge in [-0.25, -0.2) is 0 Å². The van der Waals surface area contributed by atoms with E-state index in [1.807, 2.05) is 37.3 Å². The Morgan fingerprint density at radius 2 is 1.82 bits per heavy atom. The number of amides is 1. The predicted molar refractivity (Wildman–Crippen MR) is 116 cm³/mol. The highest BCUT2D eigenvalue weighted by molar-refractivity contribution is 8.00. The molecule has 0 radical (unpaired) electrons. The van der Waals surface area contributed by atoms with Crippen molar-refractivity contribution in [3.63, 3.8) is 0 Å². The number of carbonyl (C=O) groups is 1. The summed E-state index contributed by atoms with van der Waals surface area (Å²) >= 11 is 4.51. The van der Waals surface area contributed by atoms with Crippen LogP contribution in [-0.4, -0.2) is 21.4 Å². The molecule has 0 bridgehead atoms. The van der Waals surface area contributed by atoms with Gasteiger partial charge in [0.25, 0.3) is 0 Å². The van der Waals surface area contributed by atoms with Crippen LogP contribution in [0.5, 0.6) is 0 Å². The number of benzene rings is 2. The lowest BCUT2D eigenvalue weighted by molar-refractivity contribution is -0.115. The second-order valence-corrected chi connectivity index (χ2v) is 9.43. The average molecular weight is 427 g/mol. The lowest BCUT2D eigenvalue weighted by Gasteiger charge is -2.10. The summed E-state index contributed by atoms with van der Waals surface area (Å²) in [5.41, 5.74) is 2.95. The van der Waals surface area contributed by atoms with Gasteiger partial charge < -0.3 is 0 Å². The molecule has 1 atom stereocenters. The van der Waals surface area contributed by atoms with Crippen LogP contribution >= 0.6 is 34.9 Å². The van der Waals surface area contributed by atoms with E-state index in [0.29, 0.717) is 10.7 Å². The van der Waals surface area contributed by atoms with E-state index in [1.54, 1.807) is 35.7 Å². The summed E-state index contributed by atoms with van der Waals surface area (Å²) in [6.07, 6.45) is 0. The number of rotatable bonds is 8. The van der Waals surface area contributed by atoms with Crippen LogP contribution in [0.15, 0.2) is 58.9 Å². The minimum Gasteiger partial charge on any atom is -0.300 e. The molecule has 0 saturated heterocycles. The SMILES string of the molecule is C[C@H](SCc1ccccc1)C(=O)Nc1nnc(SCc2ccc(C#N)cc2)s1. The van der Waals surface area contributed by atoms with Gasteiger partial charge >= 0.3 is 0 Å². The molecule has 0 unspecified atom stereocenters. The Labute approximate surface area is 176 Å². The Balaban J connectivity index is 1.46. The number of anilines is 1. The van der Waals surface area contributed by atoms with E-state index in [9.17, 15) is 4.79 Å². The average Bonchev–Trinajstić information content (AvgIpc) is 3.18. The van der Waals surface area contributed by atoms with Crippen molar-refractivity contribution in [3.05, 3.63) is 71.3 Å². The first-order chi connectivity index (χ1) is 13.6. The number of hydrogen-bond donors (Lipinski definition) is 1. The molecule has 0 fully saturated rings. The summed E-state index contributed by atoms with van der Waals surface area (Å²) in [5.74, 6) is 1.45. The number of nitriles is 1.